The van der Waals surface area contributed by atoms with Gasteiger partial charge < -0.3 is 9.47 Å². The lowest BCUT2D eigenvalue weighted by Crippen LogP contribution is -2.37. The molecule has 1 saturated heterocycles. The zero-order valence-corrected chi connectivity index (χ0v) is 19.2. The molecule has 6 nitrogen and oxygen atoms in total. The molecule has 0 bridgehead atoms. The summed E-state index contributed by atoms with van der Waals surface area (Å²) in [6.07, 6.45) is 9.31. The van der Waals surface area contributed by atoms with Gasteiger partial charge in [-0.2, -0.15) is 0 Å². The summed E-state index contributed by atoms with van der Waals surface area (Å²) in [5.74, 6) is 1.31. The van der Waals surface area contributed by atoms with Crippen molar-refractivity contribution in [3.63, 3.8) is 0 Å². The fourth-order valence-corrected chi connectivity index (χ4v) is 4.53. The van der Waals surface area contributed by atoms with Gasteiger partial charge in [0.05, 0.1) is 12.5 Å². The highest BCUT2D eigenvalue weighted by molar-refractivity contribution is 5.79. The Hall–Kier alpha value is -2.99. The molecule has 1 aliphatic rings. The molecule has 6 heteroatoms. The molecule has 3 aromatic rings. The molecule has 1 amide bonds. The topological polar surface area (TPSA) is 54.3 Å². The fraction of sp³-hybridized carbons (Fsp3) is 0.423. The number of hydrogen-bond donors (Lipinski definition) is 0. The molecule has 1 fully saturated rings. The highest BCUT2D eigenvalue weighted by atomic mass is 16.2. The molecule has 4 rings (SSSR count). The van der Waals surface area contributed by atoms with Crippen LogP contribution in [0.5, 0.6) is 0 Å². The predicted octanol–water partition coefficient (Wildman–Crippen LogP) is 3.88. The number of nitrogens with zero attached hydrogens (tertiary/aromatic N) is 5. The van der Waals surface area contributed by atoms with Crippen LogP contribution in [0, 0.1) is 5.92 Å². The van der Waals surface area contributed by atoms with Crippen LogP contribution in [0.2, 0.25) is 0 Å². The summed E-state index contributed by atoms with van der Waals surface area (Å²) in [5.41, 5.74) is 3.45. The molecule has 0 spiro atoms. The summed E-state index contributed by atoms with van der Waals surface area (Å²) < 4.78 is 2.18. The van der Waals surface area contributed by atoms with Gasteiger partial charge in [0.25, 0.3) is 0 Å². The van der Waals surface area contributed by atoms with Crippen molar-refractivity contribution in [1.82, 2.24) is 24.3 Å². The third-order valence-electron chi connectivity index (χ3n) is 6.26. The van der Waals surface area contributed by atoms with E-state index in [0.717, 1.165) is 69.1 Å². The first-order valence-corrected chi connectivity index (χ1v) is 11.7. The van der Waals surface area contributed by atoms with Crippen LogP contribution in [0.1, 0.15) is 31.7 Å². The first kappa shape index (κ1) is 22.2. The van der Waals surface area contributed by atoms with Gasteiger partial charge >= 0.3 is 0 Å². The average molecular weight is 432 g/mol. The van der Waals surface area contributed by atoms with Gasteiger partial charge in [-0.25, -0.2) is 4.98 Å². The first-order valence-electron chi connectivity index (χ1n) is 11.7. The molecule has 0 N–H and O–H groups in total. The zero-order chi connectivity index (χ0) is 22.3. The SMILES string of the molecule is CCCN1CCN(Cc2nccn2CC)C[C@H](Cc2ccc(-c3cccnc3)cc2)C1=O. The van der Waals surface area contributed by atoms with Crippen molar-refractivity contribution in [2.24, 2.45) is 5.92 Å². The Kier molecular flexibility index (Phi) is 7.32. The second-order valence-electron chi connectivity index (χ2n) is 8.53. The van der Waals surface area contributed by atoms with Crippen molar-refractivity contribution in [3.8, 4) is 11.1 Å². The Morgan fingerprint density at radius 3 is 2.59 bits per heavy atom. The number of rotatable bonds is 8. The van der Waals surface area contributed by atoms with Gasteiger partial charge in [-0.1, -0.05) is 37.3 Å². The summed E-state index contributed by atoms with van der Waals surface area (Å²) in [6.45, 7) is 9.24. The van der Waals surface area contributed by atoms with Crippen LogP contribution in [-0.4, -0.2) is 56.4 Å². The van der Waals surface area contributed by atoms with Crippen LogP contribution < -0.4 is 0 Å². The number of amides is 1. The molecule has 0 aliphatic carbocycles. The van der Waals surface area contributed by atoms with Crippen LogP contribution >= 0.6 is 0 Å². The Morgan fingerprint density at radius 1 is 1.03 bits per heavy atom. The lowest BCUT2D eigenvalue weighted by atomic mass is 9.96. The normalized spacial score (nSPS) is 17.5. The van der Waals surface area contributed by atoms with Crippen LogP contribution in [0.4, 0.5) is 0 Å². The van der Waals surface area contributed by atoms with E-state index in [1.165, 1.54) is 5.56 Å². The van der Waals surface area contributed by atoms with Gasteiger partial charge in [0, 0.05) is 57.5 Å². The van der Waals surface area contributed by atoms with Gasteiger partial charge in [-0.3, -0.25) is 14.7 Å². The summed E-state index contributed by atoms with van der Waals surface area (Å²) in [5, 5.41) is 0. The third-order valence-corrected chi connectivity index (χ3v) is 6.26. The second-order valence-corrected chi connectivity index (χ2v) is 8.53. The van der Waals surface area contributed by atoms with E-state index in [0.29, 0.717) is 0 Å². The van der Waals surface area contributed by atoms with Crippen molar-refractivity contribution in [1.29, 1.82) is 0 Å². The number of pyridine rings is 1. The monoisotopic (exact) mass is 431 g/mol. The Labute approximate surface area is 190 Å². The quantitative estimate of drug-likeness (QED) is 0.543. The van der Waals surface area contributed by atoms with Gasteiger partial charge in [-0.05, 0) is 42.5 Å². The lowest BCUT2D eigenvalue weighted by Gasteiger charge is -2.24. The minimum atomic E-state index is -0.0432. The van der Waals surface area contributed by atoms with Crippen LogP contribution in [0.3, 0.4) is 0 Å². The standard InChI is InChI=1S/C26H33N5O/c1-3-13-31-16-15-29(20-25-28-12-14-30(25)4-2)19-24(26(31)32)17-21-7-9-22(10-8-21)23-6-5-11-27-18-23/h5-12,14,18,24H,3-4,13,15-17,19-20H2,1-2H3/t24-/m0/s1. The van der Waals surface area contributed by atoms with E-state index in [4.69, 9.17) is 0 Å². The van der Waals surface area contributed by atoms with Crippen LogP contribution in [0.15, 0.2) is 61.2 Å². The average Bonchev–Trinajstić information content (AvgIpc) is 3.23. The molecule has 1 atom stereocenters. The number of aromatic nitrogens is 3. The van der Waals surface area contributed by atoms with Gasteiger partial charge in [0.2, 0.25) is 5.91 Å². The van der Waals surface area contributed by atoms with Gasteiger partial charge in [-0.15, -0.1) is 0 Å². The van der Waals surface area contributed by atoms with E-state index in [-0.39, 0.29) is 11.8 Å². The third kappa shape index (κ3) is 5.25. The minimum Gasteiger partial charge on any atom is -0.341 e. The van der Waals surface area contributed by atoms with E-state index in [1.807, 2.05) is 24.7 Å². The van der Waals surface area contributed by atoms with Gasteiger partial charge in [0.1, 0.15) is 5.82 Å². The molecule has 0 radical (unpaired) electrons. The Bertz CT molecular complexity index is 999. The number of carbonyl (C=O) groups is 1. The number of benzene rings is 1. The van der Waals surface area contributed by atoms with Crippen molar-refractivity contribution in [3.05, 3.63) is 72.6 Å². The maximum absolute atomic E-state index is 13.4. The number of hydrogen-bond acceptors (Lipinski definition) is 4. The van der Waals surface area contributed by atoms with E-state index < -0.39 is 0 Å². The van der Waals surface area contributed by atoms with E-state index in [9.17, 15) is 4.79 Å². The summed E-state index contributed by atoms with van der Waals surface area (Å²) in [4.78, 5) is 26.6. The molecule has 32 heavy (non-hydrogen) atoms. The largest absolute Gasteiger partial charge is 0.341 e. The van der Waals surface area contributed by atoms with Crippen molar-refractivity contribution in [2.45, 2.75) is 39.8 Å². The molecule has 1 aromatic carbocycles. The molecule has 0 saturated carbocycles. The number of carbonyl (C=O) groups excluding carboxylic acids is 1. The van der Waals surface area contributed by atoms with Crippen LogP contribution in [0.25, 0.3) is 11.1 Å². The van der Waals surface area contributed by atoms with E-state index >= 15 is 0 Å². The molecule has 0 unspecified atom stereocenters. The summed E-state index contributed by atoms with van der Waals surface area (Å²) in [7, 11) is 0. The van der Waals surface area contributed by atoms with Crippen LogP contribution in [-0.2, 0) is 24.3 Å². The summed E-state index contributed by atoms with van der Waals surface area (Å²) in [6, 6.07) is 12.6. The van der Waals surface area contributed by atoms with Crippen molar-refractivity contribution in [2.75, 3.05) is 26.2 Å². The van der Waals surface area contributed by atoms with E-state index in [1.54, 1.807) is 6.20 Å². The molecule has 168 valence electrons. The highest BCUT2D eigenvalue weighted by Crippen LogP contribution is 2.22. The maximum Gasteiger partial charge on any atom is 0.227 e. The molecule has 3 heterocycles. The molecular weight excluding hydrogens is 398 g/mol. The minimum absolute atomic E-state index is 0.0432. The predicted molar refractivity (Wildman–Crippen MR) is 127 cm³/mol. The van der Waals surface area contributed by atoms with Crippen molar-refractivity contribution < 1.29 is 4.79 Å². The van der Waals surface area contributed by atoms with Gasteiger partial charge in [0.15, 0.2) is 0 Å². The Morgan fingerprint density at radius 2 is 1.88 bits per heavy atom. The maximum atomic E-state index is 13.4. The van der Waals surface area contributed by atoms with E-state index in [2.05, 4.69) is 68.5 Å². The highest BCUT2D eigenvalue weighted by Gasteiger charge is 2.30. The van der Waals surface area contributed by atoms with Crippen molar-refractivity contribution >= 4 is 5.91 Å². The molecular formula is C26H33N5O. The molecule has 1 aliphatic heterocycles. The fourth-order valence-electron chi connectivity index (χ4n) is 4.53. The smallest absolute Gasteiger partial charge is 0.227 e. The first-order chi connectivity index (χ1) is 15.7. The number of imidazole rings is 1. The summed E-state index contributed by atoms with van der Waals surface area (Å²) >= 11 is 0. The second kappa shape index (κ2) is 10.6. The zero-order valence-electron chi connectivity index (χ0n) is 19.2. The lowest BCUT2D eigenvalue weighted by molar-refractivity contribution is -0.134. The Balaban J connectivity index is 1.50. The number of aryl methyl sites for hydroxylation is 1. The molecule has 2 aromatic heterocycles.